The molecule has 250 valence electrons. The third kappa shape index (κ3) is 6.08. The van der Waals surface area contributed by atoms with Gasteiger partial charge in [-0.2, -0.15) is 83.4 Å². The van der Waals surface area contributed by atoms with Gasteiger partial charge in [0, 0.05) is 5.56 Å². The number of carboxylic acid groups (broad SMARTS) is 1. The molecule has 0 amide bonds. The molecule has 0 aliphatic rings. The summed E-state index contributed by atoms with van der Waals surface area (Å²) in [5, 5.41) is 10.7. The van der Waals surface area contributed by atoms with Crippen molar-refractivity contribution >= 4 is 5.97 Å². The molecule has 0 saturated heterocycles. The molecular weight excluding hydrogens is 663 g/mol. The molecule has 0 unspecified atom stereocenters. The highest BCUT2D eigenvalue weighted by atomic mass is 19.4. The standard InChI is InChI=1S/C20H14F19NO3/c1-40(2,8-11(41)42)7-9-3-5-10(6-4-9)43-20(38,39)18(33,34)16(29,30)14(25,26)12(21,22)13(23,24)15(27,28)17(31,32)19(35,36)37/h3-6H,7-8H2,1-2H3. The van der Waals surface area contributed by atoms with Gasteiger partial charge in [-0.1, -0.05) is 0 Å². The fourth-order valence-electron chi connectivity index (χ4n) is 3.12. The van der Waals surface area contributed by atoms with Crippen molar-refractivity contribution in [3.8, 4) is 5.75 Å². The Hall–Kier alpha value is -2.88. The van der Waals surface area contributed by atoms with Crippen LogP contribution < -0.4 is 9.84 Å². The normalized spacial score (nSPS) is 15.5. The summed E-state index contributed by atoms with van der Waals surface area (Å²) in [5.41, 5.74) is -0.0241. The van der Waals surface area contributed by atoms with Gasteiger partial charge >= 0.3 is 53.7 Å². The Bertz CT molecular complexity index is 1160. The predicted molar refractivity (Wildman–Crippen MR) is 98.4 cm³/mol. The van der Waals surface area contributed by atoms with Gasteiger partial charge in [0.05, 0.1) is 20.1 Å². The van der Waals surface area contributed by atoms with Crippen LogP contribution in [-0.4, -0.2) is 84.8 Å². The molecule has 0 aliphatic carbocycles. The SMILES string of the molecule is C[N+](C)(CC(=O)[O-])Cc1ccc(OC(F)(F)C(F)(F)C(F)(F)C(F)(F)C(F)(F)C(F)(F)C(F)(F)C(F)(F)C(F)(F)F)cc1. The lowest BCUT2D eigenvalue weighted by Crippen LogP contribution is -2.76. The average molecular weight is 677 g/mol. The van der Waals surface area contributed by atoms with Crippen molar-refractivity contribution in [2.24, 2.45) is 0 Å². The van der Waals surface area contributed by atoms with E-state index in [9.17, 15) is 93.3 Å². The molecule has 0 spiro atoms. The Balaban J connectivity index is 3.50. The molecule has 0 N–H and O–H groups in total. The van der Waals surface area contributed by atoms with Gasteiger partial charge in [-0.25, -0.2) is 0 Å². The lowest BCUT2D eigenvalue weighted by atomic mass is 9.88. The number of benzene rings is 1. The van der Waals surface area contributed by atoms with Gasteiger partial charge in [-0.05, 0) is 24.3 Å². The number of alkyl halides is 19. The van der Waals surface area contributed by atoms with E-state index in [4.69, 9.17) is 0 Å². The minimum absolute atomic E-state index is 0.0241. The van der Waals surface area contributed by atoms with E-state index in [1.165, 1.54) is 14.1 Å². The highest BCUT2D eigenvalue weighted by Gasteiger charge is 2.97. The van der Waals surface area contributed by atoms with E-state index in [-0.39, 0.29) is 24.2 Å². The van der Waals surface area contributed by atoms with Crippen LogP contribution in [0.25, 0.3) is 0 Å². The van der Waals surface area contributed by atoms with Crippen LogP contribution in [0.4, 0.5) is 83.4 Å². The molecule has 0 atom stereocenters. The Morgan fingerprint density at radius 1 is 0.605 bits per heavy atom. The summed E-state index contributed by atoms with van der Waals surface area (Å²) in [6.07, 6.45) is -15.1. The summed E-state index contributed by atoms with van der Waals surface area (Å²) in [6.45, 7) is -0.943. The molecule has 0 fully saturated rings. The number of nitrogens with zero attached hydrogens (tertiary/aromatic N) is 1. The summed E-state index contributed by atoms with van der Waals surface area (Å²) in [5.74, 6) is -64.0. The number of hydrogen-bond acceptors (Lipinski definition) is 3. The van der Waals surface area contributed by atoms with Crippen LogP contribution in [-0.2, 0) is 11.3 Å². The number of hydrogen-bond donors (Lipinski definition) is 0. The first kappa shape index (κ1) is 38.1. The highest BCUT2D eigenvalue weighted by molar-refractivity contribution is 5.65. The summed E-state index contributed by atoms with van der Waals surface area (Å²) in [4.78, 5) is 10.7. The number of halogens is 19. The minimum atomic E-state index is -9.01. The summed E-state index contributed by atoms with van der Waals surface area (Å²) < 4.78 is 257. The third-order valence-electron chi connectivity index (χ3n) is 5.42. The molecule has 0 radical (unpaired) electrons. The van der Waals surface area contributed by atoms with Crippen molar-refractivity contribution in [3.63, 3.8) is 0 Å². The van der Waals surface area contributed by atoms with Gasteiger partial charge in [0.15, 0.2) is 0 Å². The van der Waals surface area contributed by atoms with Crippen LogP contribution in [0.3, 0.4) is 0 Å². The van der Waals surface area contributed by atoms with Crippen molar-refractivity contribution in [1.29, 1.82) is 0 Å². The lowest BCUT2D eigenvalue weighted by molar-refractivity contribution is -0.898. The zero-order valence-corrected chi connectivity index (χ0v) is 20.6. The largest absolute Gasteiger partial charge is 0.544 e. The molecule has 1 aromatic rings. The van der Waals surface area contributed by atoms with Crippen LogP contribution >= 0.6 is 0 Å². The van der Waals surface area contributed by atoms with Gasteiger partial charge in [-0.3, -0.25) is 0 Å². The van der Waals surface area contributed by atoms with Crippen molar-refractivity contribution in [2.45, 2.75) is 60.3 Å². The highest BCUT2D eigenvalue weighted by Crippen LogP contribution is 2.65. The smallest absolute Gasteiger partial charge is 0.471 e. The first-order chi connectivity index (χ1) is 18.6. The van der Waals surface area contributed by atoms with E-state index in [2.05, 4.69) is 4.74 Å². The zero-order chi connectivity index (χ0) is 34.7. The maximum Gasteiger partial charge on any atom is 0.471 e. The van der Waals surface area contributed by atoms with Crippen molar-refractivity contribution in [3.05, 3.63) is 29.8 Å². The third-order valence-corrected chi connectivity index (χ3v) is 5.42. The van der Waals surface area contributed by atoms with E-state index >= 15 is 0 Å². The first-order valence-corrected chi connectivity index (χ1v) is 10.5. The maximum absolute atomic E-state index is 14.0. The van der Waals surface area contributed by atoms with E-state index in [0.29, 0.717) is 12.1 Å². The second-order valence-electron chi connectivity index (χ2n) is 9.41. The maximum atomic E-state index is 14.0. The number of carbonyl (C=O) groups is 1. The number of ether oxygens (including phenoxy) is 1. The van der Waals surface area contributed by atoms with Crippen molar-refractivity contribution in [2.75, 3.05) is 20.6 Å². The topological polar surface area (TPSA) is 49.4 Å². The van der Waals surface area contributed by atoms with Crippen molar-refractivity contribution < 1.29 is 103 Å². The van der Waals surface area contributed by atoms with Gasteiger partial charge in [-0.15, -0.1) is 0 Å². The molecular formula is C20H14F19NO3. The minimum Gasteiger partial charge on any atom is -0.544 e. The second-order valence-corrected chi connectivity index (χ2v) is 9.41. The number of likely N-dealkylation sites (N-methyl/N-ethyl adjacent to an activating group) is 1. The molecule has 43 heavy (non-hydrogen) atoms. The Labute approximate surface area is 226 Å². The molecule has 1 rings (SSSR count). The summed E-state index contributed by atoms with van der Waals surface area (Å²) >= 11 is 0. The monoisotopic (exact) mass is 677 g/mol. The number of quaternary nitrogens is 1. The fourth-order valence-corrected chi connectivity index (χ4v) is 3.12. The van der Waals surface area contributed by atoms with E-state index in [1.807, 2.05) is 0 Å². The van der Waals surface area contributed by atoms with Crippen LogP contribution in [0.2, 0.25) is 0 Å². The molecule has 0 bridgehead atoms. The molecule has 23 heteroatoms. The number of carboxylic acids is 1. The summed E-state index contributed by atoms with van der Waals surface area (Å²) in [7, 11) is 2.55. The van der Waals surface area contributed by atoms with E-state index < -0.39 is 76.5 Å². The lowest BCUT2D eigenvalue weighted by Gasteiger charge is -2.43. The summed E-state index contributed by atoms with van der Waals surface area (Å²) in [6, 6.07) is 1.78. The zero-order valence-electron chi connectivity index (χ0n) is 20.6. The second kappa shape index (κ2) is 10.6. The first-order valence-electron chi connectivity index (χ1n) is 10.5. The quantitative estimate of drug-likeness (QED) is 0.191. The van der Waals surface area contributed by atoms with E-state index in [0.717, 1.165) is 0 Å². The number of carbonyl (C=O) groups excluding carboxylic acids is 1. The Kier molecular flexibility index (Phi) is 9.43. The van der Waals surface area contributed by atoms with Crippen LogP contribution in [0.5, 0.6) is 5.75 Å². The predicted octanol–water partition coefficient (Wildman–Crippen LogP) is 5.99. The molecule has 0 heterocycles. The molecule has 0 aromatic heterocycles. The van der Waals surface area contributed by atoms with Crippen LogP contribution in [0.15, 0.2) is 24.3 Å². The molecule has 0 saturated carbocycles. The molecule has 0 aliphatic heterocycles. The molecule has 1 aromatic carbocycles. The fraction of sp³-hybridized carbons (Fsp3) is 0.650. The Morgan fingerprint density at radius 2 is 0.930 bits per heavy atom. The number of aliphatic carboxylic acids is 1. The van der Waals surface area contributed by atoms with Gasteiger partial charge in [0.1, 0.15) is 18.8 Å². The van der Waals surface area contributed by atoms with Crippen LogP contribution in [0.1, 0.15) is 5.56 Å². The van der Waals surface area contributed by atoms with Gasteiger partial charge < -0.3 is 19.1 Å². The molecule has 4 nitrogen and oxygen atoms in total. The van der Waals surface area contributed by atoms with Crippen LogP contribution in [0, 0.1) is 0 Å². The Morgan fingerprint density at radius 3 is 1.26 bits per heavy atom. The van der Waals surface area contributed by atoms with E-state index in [1.54, 1.807) is 0 Å². The van der Waals surface area contributed by atoms with Gasteiger partial charge in [0.25, 0.3) is 0 Å². The average Bonchev–Trinajstić information content (AvgIpc) is 2.77. The number of rotatable bonds is 13. The van der Waals surface area contributed by atoms with Gasteiger partial charge in [0.2, 0.25) is 0 Å². The van der Waals surface area contributed by atoms with Crippen molar-refractivity contribution in [1.82, 2.24) is 0 Å².